The molecule has 26 heteroatoms. The monoisotopic (exact) mass is 1900 g/mol. The van der Waals surface area contributed by atoms with Crippen LogP contribution in [-0.2, 0) is 0 Å². The van der Waals surface area contributed by atoms with Gasteiger partial charge in [0.25, 0.3) is 0 Å². The van der Waals surface area contributed by atoms with Gasteiger partial charge in [0.05, 0.1) is 82.2 Å². The van der Waals surface area contributed by atoms with Crippen molar-refractivity contribution in [3.63, 3.8) is 0 Å². The zero-order valence-electron chi connectivity index (χ0n) is 78.9. The lowest BCUT2D eigenvalue weighted by Crippen LogP contribution is -1.94. The first kappa shape index (κ1) is 93.1. The van der Waals surface area contributed by atoms with Gasteiger partial charge >= 0.3 is 0 Å². The number of fused-ring (bicyclic) bond motifs is 1. The minimum absolute atomic E-state index is 0.320. The van der Waals surface area contributed by atoms with Gasteiger partial charge in [0.1, 0.15) is 59.3 Å². The van der Waals surface area contributed by atoms with Crippen LogP contribution in [0.15, 0.2) is 502 Å². The highest BCUT2D eigenvalue weighted by Crippen LogP contribution is 2.34. The smallest absolute Gasteiger partial charge is 0.137 e. The number of halogens is 1. The average molecular weight is 1900 g/mol. The molecule has 18 heterocycles. The van der Waals surface area contributed by atoms with Crippen molar-refractivity contribution in [2.45, 2.75) is 13.8 Å². The summed E-state index contributed by atoms with van der Waals surface area (Å²) in [6.45, 7) is 4.15. The predicted molar refractivity (Wildman–Crippen MR) is 568 cm³/mol. The van der Waals surface area contributed by atoms with Crippen LogP contribution in [0, 0.1) is 31.0 Å². The van der Waals surface area contributed by atoms with Crippen LogP contribution in [0.4, 0.5) is 4.39 Å². The minimum Gasteiger partial charge on any atom is -0.315 e. The Morgan fingerprint density at radius 2 is 0.630 bits per heavy atom. The van der Waals surface area contributed by atoms with E-state index in [4.69, 9.17) is 0 Å². The fraction of sp³-hybridized carbons (Fsp3) is 0.0167. The second-order valence-electron chi connectivity index (χ2n) is 33.4. The highest BCUT2D eigenvalue weighted by Gasteiger charge is 2.17. The summed E-state index contributed by atoms with van der Waals surface area (Å²) in [7, 11) is 0. The number of nitrogens with zero attached hydrogens (tertiary/aromatic N) is 25. The quantitative estimate of drug-likeness (QED) is 0.0771. The van der Waals surface area contributed by atoms with Crippen LogP contribution in [0.3, 0.4) is 0 Å². The molecule has 0 aliphatic heterocycles. The number of imidazole rings is 6. The molecule has 0 atom stereocenters. The van der Waals surface area contributed by atoms with Crippen molar-refractivity contribution in [2.24, 2.45) is 0 Å². The molecule has 0 fully saturated rings. The van der Waals surface area contributed by atoms with Crippen molar-refractivity contribution in [1.29, 1.82) is 5.26 Å². The second kappa shape index (κ2) is 44.9. The second-order valence-corrected chi connectivity index (χ2v) is 33.4. The first-order chi connectivity index (χ1) is 72.0. The normalized spacial score (nSPS) is 10.7. The van der Waals surface area contributed by atoms with E-state index in [1.807, 2.05) is 279 Å². The molecule has 7 aromatic carbocycles. The first-order valence-electron chi connectivity index (χ1n) is 46.6. The Bertz CT molecular complexity index is 8640. The summed E-state index contributed by atoms with van der Waals surface area (Å²) in [6.07, 6.45) is 51.4. The summed E-state index contributed by atoms with van der Waals surface area (Å²) in [5.74, 6) is 2.25. The fourth-order valence-electron chi connectivity index (χ4n) is 16.3. The van der Waals surface area contributed by atoms with Crippen molar-refractivity contribution in [2.75, 3.05) is 0 Å². The first-order valence-corrected chi connectivity index (χ1v) is 46.6. The zero-order valence-corrected chi connectivity index (χ0v) is 78.9. The van der Waals surface area contributed by atoms with Crippen LogP contribution in [0.1, 0.15) is 16.7 Å². The highest BCUT2D eigenvalue weighted by molar-refractivity contribution is 5.82. The van der Waals surface area contributed by atoms with Crippen molar-refractivity contribution < 1.29 is 4.39 Å². The molecule has 0 N–H and O–H groups in total. The number of hydrogen-bond acceptors (Lipinski definition) is 18. The number of aromatic nitrogens is 24. The molecule has 0 amide bonds. The Balaban J connectivity index is 0.000000107. The van der Waals surface area contributed by atoms with Crippen LogP contribution >= 0.6 is 0 Å². The number of aryl methyl sites for hydroxylation is 2. The standard InChI is InChI=1S/C22H16N4.C21H15N5.C20H16N4.C19H13FN4.2C19H14N4/c1-16-10-18(20-7-3-2-6-17(20)13-23)12-19(11-16)26-14-22(25-15-26)21-8-4-5-9-24-21;1-2-9-23-21(6-1)25-14-19(24-15-25)17-4-3-5-18(12-17)26-11-8-16-7-10-22-13-20(16)26;1-15-9-17(16-5-4-7-21-12-16)11-18(10-15)24-13-20(23-14-24)19-6-2-3-8-22-19;20-16-11-14(7-8-15(16)17-5-1-3-9-21-17)24-12-19(23-13-24)18-6-2-4-10-22-18;1-2-10-21-19(8-1)23-13-18(22-14-23)16-6-3-5-15(11-16)17-7-4-9-20-12-17;1-2-11-21-19(5-1)23-13-18(22-14-23)16-8-6-15(7-9-16)17-4-3-10-20-12-17/h2-12,14-15H,1H3;1-15H;2-14H,1H3;1-13H;2*1-14H. The maximum Gasteiger partial charge on any atom is 0.137 e. The van der Waals surface area contributed by atoms with Crippen LogP contribution in [0.2, 0.25) is 0 Å². The van der Waals surface area contributed by atoms with E-state index in [1.54, 1.807) is 116 Å². The van der Waals surface area contributed by atoms with E-state index < -0.39 is 0 Å². The SMILES string of the molecule is Cc1cc(-c2ccccc2C#N)cc(-n2cnc(-c3ccccn3)c2)c1.Cc1cc(-c2cccnc2)cc(-n2cnc(-c3ccccn3)c2)c1.Fc1cc(-n2cnc(-c3ccccn3)c2)ccc1-c1ccccn1.c1ccc(-n2cnc(-c3ccc(-c4cccnc4)cc3)c2)nc1.c1ccc(-n2cnc(-c3cccc(-c4cccnc4)c3)c2)nc1.c1ccc(-n2cnc(-c3cccc(-n4ccc5ccncc54)c3)c2)nc1. The molecule has 146 heavy (non-hydrogen) atoms. The molecule has 25 nitrogen and oxygen atoms in total. The van der Waals surface area contributed by atoms with E-state index in [9.17, 15) is 9.65 Å². The summed E-state index contributed by atoms with van der Waals surface area (Å²) in [5, 5.41) is 10.6. The van der Waals surface area contributed by atoms with E-state index in [0.29, 0.717) is 22.5 Å². The summed E-state index contributed by atoms with van der Waals surface area (Å²) in [5.41, 5.74) is 28.6. The van der Waals surface area contributed by atoms with Gasteiger partial charge in [-0.15, -0.1) is 0 Å². The molecule has 0 radical (unpaired) electrons. The van der Waals surface area contributed by atoms with Crippen molar-refractivity contribution >= 4 is 10.9 Å². The Hall–Kier alpha value is -20.6. The summed E-state index contributed by atoms with van der Waals surface area (Å²) in [6, 6.07) is 109. The molecular formula is C120H88FN25. The maximum atomic E-state index is 14.5. The lowest BCUT2D eigenvalue weighted by atomic mass is 9.98. The maximum absolute atomic E-state index is 14.5. The van der Waals surface area contributed by atoms with E-state index in [2.05, 4.69) is 237 Å². The van der Waals surface area contributed by atoms with Crippen molar-refractivity contribution in [3.05, 3.63) is 524 Å². The molecule has 25 aromatic rings. The molecule has 0 saturated heterocycles. The van der Waals surface area contributed by atoms with E-state index in [-0.39, 0.29) is 5.82 Å². The van der Waals surface area contributed by atoms with Crippen LogP contribution < -0.4 is 0 Å². The van der Waals surface area contributed by atoms with E-state index in [1.165, 1.54) is 17.0 Å². The summed E-state index contributed by atoms with van der Waals surface area (Å²) >= 11 is 0. The summed E-state index contributed by atoms with van der Waals surface area (Å²) < 4.78 is 28.2. The van der Waals surface area contributed by atoms with Gasteiger partial charge in [-0.1, -0.05) is 146 Å². The van der Waals surface area contributed by atoms with Crippen molar-refractivity contribution in [3.8, 4) is 170 Å². The van der Waals surface area contributed by atoms with Gasteiger partial charge in [-0.3, -0.25) is 53.6 Å². The number of hydrogen-bond donors (Lipinski definition) is 0. The van der Waals surface area contributed by atoms with Gasteiger partial charge in [0.2, 0.25) is 0 Å². The third kappa shape index (κ3) is 22.7. The third-order valence-corrected chi connectivity index (χ3v) is 23.5. The van der Waals surface area contributed by atoms with Crippen LogP contribution in [-0.4, -0.2) is 117 Å². The lowest BCUT2D eigenvalue weighted by molar-refractivity contribution is 0.629. The molecular weight excluding hydrogens is 1810 g/mol. The average Bonchev–Trinajstić information content (AvgIpc) is 1.61. The Labute approximate surface area is 840 Å². The van der Waals surface area contributed by atoms with Gasteiger partial charge in [0.15, 0.2) is 0 Å². The van der Waals surface area contributed by atoms with Gasteiger partial charge in [0, 0.05) is 192 Å². The number of rotatable bonds is 18. The fourth-order valence-corrected chi connectivity index (χ4v) is 16.3. The Morgan fingerprint density at radius 3 is 1.12 bits per heavy atom. The molecule has 700 valence electrons. The predicted octanol–water partition coefficient (Wildman–Crippen LogP) is 25.5. The molecule has 0 saturated carbocycles. The number of nitriles is 1. The molecule has 0 aliphatic rings. The number of pyridine rings is 11. The topological polar surface area (TPSA) is 277 Å². The molecule has 0 aliphatic carbocycles. The third-order valence-electron chi connectivity index (χ3n) is 23.5. The highest BCUT2D eigenvalue weighted by atomic mass is 19.1. The summed E-state index contributed by atoms with van der Waals surface area (Å²) in [4.78, 5) is 73.8. The van der Waals surface area contributed by atoms with Crippen molar-refractivity contribution in [1.82, 2.24) is 117 Å². The number of benzene rings is 7. The minimum atomic E-state index is -0.320. The molecule has 0 unspecified atom stereocenters. The van der Waals surface area contributed by atoms with Gasteiger partial charge in [-0.25, -0.2) is 49.2 Å². The van der Waals surface area contributed by atoms with E-state index in [0.717, 1.165) is 158 Å². The lowest BCUT2D eigenvalue weighted by Gasteiger charge is -2.10. The molecule has 25 rings (SSSR count). The molecule has 18 aromatic heterocycles. The largest absolute Gasteiger partial charge is 0.315 e. The Kier molecular flexibility index (Phi) is 28.6. The van der Waals surface area contributed by atoms with Crippen LogP contribution in [0.5, 0.6) is 0 Å². The molecule has 0 spiro atoms. The molecule has 0 bridgehead atoms. The van der Waals surface area contributed by atoms with E-state index >= 15 is 0 Å². The van der Waals surface area contributed by atoms with Gasteiger partial charge in [-0.2, -0.15) is 5.26 Å². The van der Waals surface area contributed by atoms with Crippen LogP contribution in [0.25, 0.3) is 175 Å². The Morgan fingerprint density at radius 1 is 0.233 bits per heavy atom. The van der Waals surface area contributed by atoms with Gasteiger partial charge < -0.3 is 18.3 Å². The van der Waals surface area contributed by atoms with Gasteiger partial charge in [-0.05, 0) is 240 Å². The zero-order chi connectivity index (χ0) is 99.0.